The Morgan fingerprint density at radius 2 is 2.27 bits per heavy atom. The monoisotopic (exact) mass is 154 g/mol. The van der Waals surface area contributed by atoms with Gasteiger partial charge in [0.05, 0.1) is 6.61 Å². The van der Waals surface area contributed by atoms with Crippen molar-refractivity contribution in [2.24, 2.45) is 5.92 Å². The summed E-state index contributed by atoms with van der Waals surface area (Å²) in [7, 11) is 0. The molecule has 11 heavy (non-hydrogen) atoms. The van der Waals surface area contributed by atoms with Crippen molar-refractivity contribution in [3.05, 3.63) is 11.6 Å². The maximum atomic E-state index is 10.8. The Morgan fingerprint density at radius 3 is 2.73 bits per heavy atom. The number of Topliss-reactive ketones (excluding diaryl/α,β-unsaturated/α-hetero) is 1. The van der Waals surface area contributed by atoms with E-state index in [4.69, 9.17) is 4.74 Å². The van der Waals surface area contributed by atoms with Crippen LogP contribution in [0, 0.1) is 5.92 Å². The van der Waals surface area contributed by atoms with E-state index >= 15 is 0 Å². The lowest BCUT2D eigenvalue weighted by Gasteiger charge is -2.00. The molecule has 0 N–H and O–H groups in total. The van der Waals surface area contributed by atoms with Crippen LogP contribution in [0.1, 0.15) is 20.3 Å². The number of carbonyl (C=O) groups excluding carboxylic acids is 1. The number of hydrogen-bond donors (Lipinski definition) is 0. The van der Waals surface area contributed by atoms with Gasteiger partial charge in [-0.1, -0.05) is 6.08 Å². The van der Waals surface area contributed by atoms with Gasteiger partial charge in [-0.15, -0.1) is 0 Å². The quantitative estimate of drug-likeness (QED) is 0.564. The Balaban J connectivity index is 2.49. The summed E-state index contributed by atoms with van der Waals surface area (Å²) in [5.74, 6) is 0.635. The lowest BCUT2D eigenvalue weighted by atomic mass is 10.0. The van der Waals surface area contributed by atoms with Crippen molar-refractivity contribution in [3.8, 4) is 0 Å². The summed E-state index contributed by atoms with van der Waals surface area (Å²) in [6.07, 6.45) is 3.08. The Bertz CT molecular complexity index is 176. The predicted molar refractivity (Wildman–Crippen MR) is 43.4 cm³/mol. The number of carbonyl (C=O) groups is 1. The minimum atomic E-state index is 0.164. The van der Waals surface area contributed by atoms with Gasteiger partial charge in [-0.25, -0.2) is 0 Å². The summed E-state index contributed by atoms with van der Waals surface area (Å²) in [5, 5.41) is 0. The van der Waals surface area contributed by atoms with E-state index in [1.165, 1.54) is 0 Å². The van der Waals surface area contributed by atoms with Crippen LogP contribution in [0.2, 0.25) is 0 Å². The third kappa shape index (κ3) is 2.46. The first-order valence-corrected chi connectivity index (χ1v) is 3.97. The van der Waals surface area contributed by atoms with Gasteiger partial charge in [0.2, 0.25) is 0 Å². The molecule has 2 nitrogen and oxygen atoms in total. The van der Waals surface area contributed by atoms with Gasteiger partial charge in [-0.3, -0.25) is 4.79 Å². The SMILES string of the molecule is CC(=O)C(C)=CC1CCOC1. The molecule has 1 heterocycles. The molecular formula is C9H14O2. The highest BCUT2D eigenvalue weighted by atomic mass is 16.5. The summed E-state index contributed by atoms with van der Waals surface area (Å²) in [5.41, 5.74) is 0.862. The lowest BCUT2D eigenvalue weighted by Crippen LogP contribution is -1.99. The number of hydrogen-bond acceptors (Lipinski definition) is 2. The van der Waals surface area contributed by atoms with Gasteiger partial charge in [-0.05, 0) is 25.8 Å². The van der Waals surface area contributed by atoms with E-state index in [1.54, 1.807) is 6.92 Å². The van der Waals surface area contributed by atoms with E-state index in [2.05, 4.69) is 0 Å². The molecule has 0 spiro atoms. The summed E-state index contributed by atoms with van der Waals surface area (Å²) in [6.45, 7) is 5.08. The van der Waals surface area contributed by atoms with Gasteiger partial charge >= 0.3 is 0 Å². The standard InChI is InChI=1S/C9H14O2/c1-7(8(2)10)5-9-3-4-11-6-9/h5,9H,3-4,6H2,1-2H3. The molecule has 0 aromatic rings. The Kier molecular flexibility index (Phi) is 2.83. The second kappa shape index (κ2) is 3.67. The van der Waals surface area contributed by atoms with Crippen molar-refractivity contribution in [3.63, 3.8) is 0 Å². The van der Waals surface area contributed by atoms with E-state index in [0.29, 0.717) is 5.92 Å². The van der Waals surface area contributed by atoms with Crippen LogP contribution in [0.5, 0.6) is 0 Å². The van der Waals surface area contributed by atoms with Gasteiger partial charge in [0.1, 0.15) is 0 Å². The van der Waals surface area contributed by atoms with E-state index < -0.39 is 0 Å². The Morgan fingerprint density at radius 1 is 1.55 bits per heavy atom. The average molecular weight is 154 g/mol. The number of allylic oxidation sites excluding steroid dienone is 1. The van der Waals surface area contributed by atoms with E-state index in [1.807, 2.05) is 13.0 Å². The summed E-state index contributed by atoms with van der Waals surface area (Å²) >= 11 is 0. The molecule has 0 aliphatic carbocycles. The molecule has 1 aliphatic heterocycles. The minimum Gasteiger partial charge on any atom is -0.381 e. The summed E-state index contributed by atoms with van der Waals surface area (Å²) < 4.78 is 5.18. The topological polar surface area (TPSA) is 26.3 Å². The van der Waals surface area contributed by atoms with Crippen LogP contribution in [0.15, 0.2) is 11.6 Å². The number of ether oxygens (including phenoxy) is 1. The van der Waals surface area contributed by atoms with Crippen molar-refractivity contribution in [1.82, 2.24) is 0 Å². The molecule has 1 aliphatic rings. The maximum Gasteiger partial charge on any atom is 0.155 e. The van der Waals surface area contributed by atoms with E-state index in [0.717, 1.165) is 25.2 Å². The molecular weight excluding hydrogens is 140 g/mol. The van der Waals surface area contributed by atoms with Gasteiger partial charge < -0.3 is 4.74 Å². The molecule has 0 saturated carbocycles. The Hall–Kier alpha value is -0.630. The first kappa shape index (κ1) is 8.47. The molecule has 1 saturated heterocycles. The molecule has 1 atom stereocenters. The number of rotatable bonds is 2. The highest BCUT2D eigenvalue weighted by Crippen LogP contribution is 2.15. The van der Waals surface area contributed by atoms with Crippen LogP contribution >= 0.6 is 0 Å². The van der Waals surface area contributed by atoms with Crippen molar-refractivity contribution in [2.45, 2.75) is 20.3 Å². The molecule has 0 bridgehead atoms. The third-order valence-corrected chi connectivity index (χ3v) is 2.01. The second-order valence-electron chi connectivity index (χ2n) is 3.03. The number of ketones is 1. The van der Waals surface area contributed by atoms with Crippen LogP contribution in [0.4, 0.5) is 0 Å². The molecule has 0 amide bonds. The molecule has 2 heteroatoms. The van der Waals surface area contributed by atoms with Crippen LogP contribution < -0.4 is 0 Å². The van der Waals surface area contributed by atoms with Crippen molar-refractivity contribution < 1.29 is 9.53 Å². The normalized spacial score (nSPS) is 25.6. The summed E-state index contributed by atoms with van der Waals surface area (Å²) in [4.78, 5) is 10.8. The lowest BCUT2D eigenvalue weighted by molar-refractivity contribution is -0.113. The fourth-order valence-corrected chi connectivity index (χ4v) is 1.16. The second-order valence-corrected chi connectivity index (χ2v) is 3.03. The van der Waals surface area contributed by atoms with Crippen LogP contribution in [0.3, 0.4) is 0 Å². The molecule has 1 fully saturated rings. The molecule has 0 radical (unpaired) electrons. The molecule has 0 aromatic heterocycles. The Labute approximate surface area is 67.2 Å². The van der Waals surface area contributed by atoms with Gasteiger partial charge in [0.25, 0.3) is 0 Å². The van der Waals surface area contributed by atoms with Gasteiger partial charge in [-0.2, -0.15) is 0 Å². The first-order valence-electron chi connectivity index (χ1n) is 3.97. The van der Waals surface area contributed by atoms with Crippen LogP contribution in [-0.2, 0) is 9.53 Å². The van der Waals surface area contributed by atoms with Gasteiger partial charge in [0, 0.05) is 12.5 Å². The zero-order valence-corrected chi connectivity index (χ0v) is 7.09. The third-order valence-electron chi connectivity index (χ3n) is 2.01. The van der Waals surface area contributed by atoms with Crippen LogP contribution in [0.25, 0.3) is 0 Å². The zero-order chi connectivity index (χ0) is 8.27. The smallest absolute Gasteiger partial charge is 0.155 e. The predicted octanol–water partition coefficient (Wildman–Crippen LogP) is 1.56. The highest BCUT2D eigenvalue weighted by Gasteiger charge is 2.13. The zero-order valence-electron chi connectivity index (χ0n) is 7.09. The molecule has 1 rings (SSSR count). The highest BCUT2D eigenvalue weighted by molar-refractivity contribution is 5.92. The molecule has 62 valence electrons. The van der Waals surface area contributed by atoms with E-state index in [-0.39, 0.29) is 5.78 Å². The summed E-state index contributed by atoms with van der Waals surface area (Å²) in [6, 6.07) is 0. The first-order chi connectivity index (χ1) is 5.20. The van der Waals surface area contributed by atoms with Crippen molar-refractivity contribution >= 4 is 5.78 Å². The largest absolute Gasteiger partial charge is 0.381 e. The maximum absolute atomic E-state index is 10.8. The molecule has 0 aromatic carbocycles. The van der Waals surface area contributed by atoms with Crippen molar-refractivity contribution in [2.75, 3.05) is 13.2 Å². The fraction of sp³-hybridized carbons (Fsp3) is 0.667. The van der Waals surface area contributed by atoms with Gasteiger partial charge in [0.15, 0.2) is 5.78 Å². The average Bonchev–Trinajstić information content (AvgIpc) is 2.39. The fourth-order valence-electron chi connectivity index (χ4n) is 1.16. The van der Waals surface area contributed by atoms with E-state index in [9.17, 15) is 4.79 Å². The van der Waals surface area contributed by atoms with Crippen molar-refractivity contribution in [1.29, 1.82) is 0 Å². The molecule has 1 unspecified atom stereocenters. The van der Waals surface area contributed by atoms with Crippen LogP contribution in [-0.4, -0.2) is 19.0 Å². The minimum absolute atomic E-state index is 0.164.